The smallest absolute Gasteiger partial charge is 0.249 e. The Labute approximate surface area is 124 Å². The summed E-state index contributed by atoms with van der Waals surface area (Å²) in [5.41, 5.74) is 8.41. The highest BCUT2D eigenvalue weighted by molar-refractivity contribution is 5.79. The van der Waals surface area contributed by atoms with Crippen LogP contribution < -0.4 is 10.5 Å². The summed E-state index contributed by atoms with van der Waals surface area (Å²) >= 11 is 0. The molecule has 0 aliphatic rings. The van der Waals surface area contributed by atoms with Crippen molar-refractivity contribution in [2.24, 2.45) is 0 Å². The molecule has 4 aromatic rings. The van der Waals surface area contributed by atoms with E-state index in [1.54, 1.807) is 6.20 Å². The Hall–Kier alpha value is -3.29. The Bertz CT molecular complexity index is 966. The van der Waals surface area contributed by atoms with Crippen LogP contribution in [0.4, 0.5) is 5.95 Å². The summed E-state index contributed by atoms with van der Waals surface area (Å²) in [5, 5.41) is 11.4. The molecule has 3 aromatic heterocycles. The molecule has 0 atom stereocenters. The molecule has 3 N–H and O–H groups in total. The Morgan fingerprint density at radius 3 is 3.05 bits per heavy atom. The highest BCUT2D eigenvalue weighted by atomic mass is 16.5. The standard InChI is InChI=1S/C14H11N7O/c15-14-17-12-11(19-21-20-12)13(18-14)22-7-8-3-4-10-9(6-8)2-1-5-16-10/h1-6H,7H2,(H3,15,17,18,19,20,21). The van der Waals surface area contributed by atoms with E-state index in [-0.39, 0.29) is 5.95 Å². The number of nitrogen functional groups attached to an aromatic ring is 1. The molecule has 0 unspecified atom stereocenters. The first-order valence-corrected chi connectivity index (χ1v) is 6.60. The largest absolute Gasteiger partial charge is 0.471 e. The Morgan fingerprint density at radius 2 is 2.09 bits per heavy atom. The van der Waals surface area contributed by atoms with Crippen LogP contribution >= 0.6 is 0 Å². The lowest BCUT2D eigenvalue weighted by Gasteiger charge is -2.06. The fourth-order valence-electron chi connectivity index (χ4n) is 2.20. The maximum absolute atomic E-state index is 5.72. The predicted octanol–water partition coefficient (Wildman–Crippen LogP) is 1.46. The number of fused-ring (bicyclic) bond motifs is 2. The number of hydrogen-bond acceptors (Lipinski definition) is 7. The summed E-state index contributed by atoms with van der Waals surface area (Å²) in [7, 11) is 0. The first-order chi connectivity index (χ1) is 10.8. The second kappa shape index (κ2) is 4.92. The van der Waals surface area contributed by atoms with Gasteiger partial charge in [-0.15, -0.1) is 10.2 Å². The van der Waals surface area contributed by atoms with E-state index < -0.39 is 0 Å². The number of nitrogens with two attached hydrogens (primary N) is 1. The molecule has 108 valence electrons. The number of H-pyrrole nitrogens is 1. The molecule has 0 bridgehead atoms. The summed E-state index contributed by atoms with van der Waals surface area (Å²) in [6.07, 6.45) is 1.77. The first-order valence-electron chi connectivity index (χ1n) is 6.60. The highest BCUT2D eigenvalue weighted by Crippen LogP contribution is 2.21. The van der Waals surface area contributed by atoms with Gasteiger partial charge in [-0.3, -0.25) is 4.98 Å². The molecule has 0 radical (unpaired) electrons. The number of nitrogens with zero attached hydrogens (tertiary/aromatic N) is 5. The first kappa shape index (κ1) is 12.5. The van der Waals surface area contributed by atoms with Crippen molar-refractivity contribution in [3.8, 4) is 5.88 Å². The lowest BCUT2D eigenvalue weighted by atomic mass is 10.1. The molecule has 0 saturated heterocycles. The molecular formula is C14H11N7O. The third-order valence-corrected chi connectivity index (χ3v) is 3.21. The van der Waals surface area contributed by atoms with E-state index in [9.17, 15) is 0 Å². The number of rotatable bonds is 3. The van der Waals surface area contributed by atoms with Crippen molar-refractivity contribution in [2.45, 2.75) is 6.61 Å². The molecule has 1 aromatic carbocycles. The zero-order valence-corrected chi connectivity index (χ0v) is 11.4. The Morgan fingerprint density at radius 1 is 1.14 bits per heavy atom. The van der Waals surface area contributed by atoms with Gasteiger partial charge in [0.1, 0.15) is 6.61 Å². The van der Waals surface area contributed by atoms with Crippen molar-refractivity contribution in [1.29, 1.82) is 0 Å². The molecule has 0 spiro atoms. The molecular weight excluding hydrogens is 282 g/mol. The van der Waals surface area contributed by atoms with E-state index >= 15 is 0 Å². The van der Waals surface area contributed by atoms with Gasteiger partial charge in [-0.2, -0.15) is 15.2 Å². The zero-order chi connectivity index (χ0) is 14.9. The monoisotopic (exact) mass is 293 g/mol. The third-order valence-electron chi connectivity index (χ3n) is 3.21. The summed E-state index contributed by atoms with van der Waals surface area (Å²) in [5.74, 6) is 0.404. The van der Waals surface area contributed by atoms with Gasteiger partial charge in [0, 0.05) is 11.6 Å². The third kappa shape index (κ3) is 2.16. The zero-order valence-electron chi connectivity index (χ0n) is 11.4. The average molecular weight is 293 g/mol. The normalized spacial score (nSPS) is 11.1. The van der Waals surface area contributed by atoms with Gasteiger partial charge in [-0.1, -0.05) is 12.1 Å². The van der Waals surface area contributed by atoms with Crippen molar-refractivity contribution in [3.63, 3.8) is 0 Å². The quantitative estimate of drug-likeness (QED) is 0.587. The maximum Gasteiger partial charge on any atom is 0.249 e. The molecule has 4 rings (SSSR count). The SMILES string of the molecule is Nc1nc(OCc2ccc3ncccc3c2)c2n[nH]nc2n1. The van der Waals surface area contributed by atoms with Gasteiger partial charge < -0.3 is 10.5 Å². The van der Waals surface area contributed by atoms with Gasteiger partial charge in [0.15, 0.2) is 5.52 Å². The number of pyridine rings is 1. The predicted molar refractivity (Wildman–Crippen MR) is 80.0 cm³/mol. The molecule has 0 aliphatic heterocycles. The number of ether oxygens (including phenoxy) is 1. The Balaban J connectivity index is 1.63. The van der Waals surface area contributed by atoms with E-state index in [4.69, 9.17) is 10.5 Å². The van der Waals surface area contributed by atoms with Crippen LogP contribution in [0.5, 0.6) is 5.88 Å². The van der Waals surface area contributed by atoms with Crippen molar-refractivity contribution in [3.05, 3.63) is 42.1 Å². The fourth-order valence-corrected chi connectivity index (χ4v) is 2.20. The van der Waals surface area contributed by atoms with Crippen LogP contribution in [0.1, 0.15) is 5.56 Å². The van der Waals surface area contributed by atoms with Gasteiger partial charge >= 0.3 is 0 Å². The van der Waals surface area contributed by atoms with Crippen LogP contribution in [-0.2, 0) is 6.61 Å². The molecule has 3 heterocycles. The van der Waals surface area contributed by atoms with Crippen molar-refractivity contribution < 1.29 is 4.74 Å². The lowest BCUT2D eigenvalue weighted by molar-refractivity contribution is 0.297. The summed E-state index contributed by atoms with van der Waals surface area (Å²) in [4.78, 5) is 12.3. The molecule has 8 heteroatoms. The number of hydrogen-bond donors (Lipinski definition) is 2. The van der Waals surface area contributed by atoms with E-state index in [1.807, 2.05) is 30.3 Å². The van der Waals surface area contributed by atoms with Gasteiger partial charge in [0.2, 0.25) is 17.5 Å². The molecule has 0 amide bonds. The number of aromatic nitrogens is 6. The van der Waals surface area contributed by atoms with E-state index in [0.29, 0.717) is 23.7 Å². The van der Waals surface area contributed by atoms with E-state index in [2.05, 4.69) is 30.4 Å². The van der Waals surface area contributed by atoms with Gasteiger partial charge in [-0.25, -0.2) is 0 Å². The van der Waals surface area contributed by atoms with Crippen LogP contribution in [0.25, 0.3) is 22.1 Å². The molecule has 0 fully saturated rings. The second-order valence-electron chi connectivity index (χ2n) is 4.70. The van der Waals surface area contributed by atoms with Gasteiger partial charge in [0.05, 0.1) is 5.52 Å². The van der Waals surface area contributed by atoms with Crippen LogP contribution in [0.15, 0.2) is 36.5 Å². The second-order valence-corrected chi connectivity index (χ2v) is 4.70. The van der Waals surface area contributed by atoms with E-state index in [1.165, 1.54) is 0 Å². The number of benzene rings is 1. The van der Waals surface area contributed by atoms with Crippen molar-refractivity contribution in [1.82, 2.24) is 30.4 Å². The summed E-state index contributed by atoms with van der Waals surface area (Å²) in [6.45, 7) is 0.337. The van der Waals surface area contributed by atoms with E-state index in [0.717, 1.165) is 16.5 Å². The van der Waals surface area contributed by atoms with Crippen molar-refractivity contribution >= 4 is 28.0 Å². The minimum absolute atomic E-state index is 0.0964. The lowest BCUT2D eigenvalue weighted by Crippen LogP contribution is -2.02. The number of aromatic amines is 1. The molecule has 0 aliphatic carbocycles. The fraction of sp³-hybridized carbons (Fsp3) is 0.0714. The van der Waals surface area contributed by atoms with Crippen LogP contribution in [0.2, 0.25) is 0 Å². The van der Waals surface area contributed by atoms with Crippen molar-refractivity contribution in [2.75, 3.05) is 5.73 Å². The molecule has 0 saturated carbocycles. The number of anilines is 1. The summed E-state index contributed by atoms with van der Waals surface area (Å²) in [6, 6.07) is 9.84. The highest BCUT2D eigenvalue weighted by Gasteiger charge is 2.11. The molecule has 22 heavy (non-hydrogen) atoms. The minimum atomic E-state index is 0.0964. The maximum atomic E-state index is 5.72. The summed E-state index contributed by atoms with van der Waals surface area (Å²) < 4.78 is 5.72. The minimum Gasteiger partial charge on any atom is -0.471 e. The van der Waals surface area contributed by atoms with Gasteiger partial charge in [-0.05, 0) is 23.8 Å². The van der Waals surface area contributed by atoms with Crippen LogP contribution in [0.3, 0.4) is 0 Å². The van der Waals surface area contributed by atoms with Crippen LogP contribution in [-0.4, -0.2) is 30.4 Å². The topological polar surface area (TPSA) is 115 Å². The van der Waals surface area contributed by atoms with Gasteiger partial charge in [0.25, 0.3) is 0 Å². The van der Waals surface area contributed by atoms with Crippen LogP contribution in [0, 0.1) is 0 Å². The number of nitrogens with one attached hydrogen (secondary N) is 1. The average Bonchev–Trinajstić information content (AvgIpc) is 3.00. The molecule has 8 nitrogen and oxygen atoms in total. The Kier molecular flexibility index (Phi) is 2.78.